The normalized spacial score (nSPS) is 9.11. The summed E-state index contributed by atoms with van der Waals surface area (Å²) in [5, 5.41) is 0.566. The Labute approximate surface area is 59.2 Å². The topological polar surface area (TPSA) is 9.23 Å². The molecule has 1 nitrogen and oxygen atoms in total. The van der Waals surface area contributed by atoms with Crippen LogP contribution in [-0.4, -0.2) is 7.11 Å². The number of hydrogen-bond acceptors (Lipinski definition) is 1. The largest absolute Gasteiger partial charge is 0.495 e. The smallest absolute Gasteiger partial charge is 0.138 e. The highest BCUT2D eigenvalue weighted by Crippen LogP contribution is 2.21. The average Bonchev–Trinajstić information content (AvgIpc) is 1.89. The summed E-state index contributed by atoms with van der Waals surface area (Å²) in [6.45, 7) is 0. The molecule has 0 saturated heterocycles. The minimum Gasteiger partial charge on any atom is -0.495 e. The molecular formula is C7H5ClO. The van der Waals surface area contributed by atoms with Gasteiger partial charge in [0.1, 0.15) is 5.75 Å². The predicted octanol–water partition coefficient (Wildman–Crippen LogP) is 1.95. The van der Waals surface area contributed by atoms with Gasteiger partial charge in [0.05, 0.1) is 12.1 Å². The van der Waals surface area contributed by atoms with Gasteiger partial charge in [0, 0.05) is 0 Å². The molecule has 0 atom stereocenters. The van der Waals surface area contributed by atoms with Crippen LogP contribution in [0.1, 0.15) is 0 Å². The van der Waals surface area contributed by atoms with E-state index in [0.29, 0.717) is 10.8 Å². The molecular weight excluding hydrogens is 136 g/mol. The molecule has 0 heterocycles. The molecule has 0 amide bonds. The van der Waals surface area contributed by atoms with Crippen molar-refractivity contribution in [2.45, 2.75) is 0 Å². The van der Waals surface area contributed by atoms with Gasteiger partial charge in [-0.3, -0.25) is 0 Å². The standard InChI is InChI=1S/C7H5ClO/c1-9-7-5-3-2-4-6(7)8/h4-5H,1H3. The number of benzene rings is 1. The first-order valence-corrected chi connectivity index (χ1v) is 2.83. The Morgan fingerprint density at radius 2 is 2.11 bits per heavy atom. The van der Waals surface area contributed by atoms with E-state index in [2.05, 4.69) is 12.1 Å². The van der Waals surface area contributed by atoms with Gasteiger partial charge in [0.25, 0.3) is 0 Å². The Bertz CT molecular complexity index is 198. The number of halogens is 1. The highest BCUT2D eigenvalue weighted by Gasteiger charge is 1.94. The molecule has 2 radical (unpaired) electrons. The minimum absolute atomic E-state index is 0.566. The van der Waals surface area contributed by atoms with Gasteiger partial charge in [-0.25, -0.2) is 0 Å². The highest BCUT2D eigenvalue weighted by atomic mass is 35.5. The molecule has 2 heteroatoms. The van der Waals surface area contributed by atoms with Crippen molar-refractivity contribution < 1.29 is 4.74 Å². The van der Waals surface area contributed by atoms with Crippen LogP contribution in [-0.2, 0) is 0 Å². The SMILES string of the molecule is COc1c[c][c]cc1Cl. The molecule has 0 bridgehead atoms. The molecule has 0 aromatic heterocycles. The third-order valence-corrected chi connectivity index (χ3v) is 1.24. The second-order valence-corrected chi connectivity index (χ2v) is 1.90. The summed E-state index contributed by atoms with van der Waals surface area (Å²) in [6, 6.07) is 8.67. The quantitative estimate of drug-likeness (QED) is 0.580. The fourth-order valence-corrected chi connectivity index (χ4v) is 0.695. The van der Waals surface area contributed by atoms with Crippen molar-refractivity contribution in [2.75, 3.05) is 7.11 Å². The van der Waals surface area contributed by atoms with Crippen LogP contribution in [0.5, 0.6) is 5.75 Å². The Morgan fingerprint density at radius 1 is 1.44 bits per heavy atom. The zero-order valence-corrected chi connectivity index (χ0v) is 5.70. The van der Waals surface area contributed by atoms with E-state index in [1.807, 2.05) is 0 Å². The van der Waals surface area contributed by atoms with Crippen LogP contribution >= 0.6 is 11.6 Å². The van der Waals surface area contributed by atoms with Gasteiger partial charge in [0.15, 0.2) is 0 Å². The van der Waals surface area contributed by atoms with Crippen LogP contribution in [0.2, 0.25) is 5.02 Å². The van der Waals surface area contributed by atoms with Gasteiger partial charge in [-0.15, -0.1) is 0 Å². The molecule has 0 aliphatic heterocycles. The molecule has 1 aromatic rings. The lowest BCUT2D eigenvalue weighted by atomic mass is 10.3. The Morgan fingerprint density at radius 3 is 2.56 bits per heavy atom. The Hall–Kier alpha value is -0.690. The van der Waals surface area contributed by atoms with Crippen molar-refractivity contribution >= 4 is 11.6 Å². The van der Waals surface area contributed by atoms with Gasteiger partial charge in [-0.05, 0) is 24.3 Å². The van der Waals surface area contributed by atoms with Crippen LogP contribution in [0.25, 0.3) is 0 Å². The summed E-state index contributed by atoms with van der Waals surface area (Å²) in [5.74, 6) is 0.635. The van der Waals surface area contributed by atoms with Crippen molar-refractivity contribution in [3.8, 4) is 5.75 Å². The second-order valence-electron chi connectivity index (χ2n) is 1.49. The van der Waals surface area contributed by atoms with E-state index < -0.39 is 0 Å². The van der Waals surface area contributed by atoms with E-state index in [1.54, 1.807) is 19.2 Å². The maximum Gasteiger partial charge on any atom is 0.138 e. The fourth-order valence-electron chi connectivity index (χ4n) is 0.509. The maximum absolute atomic E-state index is 5.65. The van der Waals surface area contributed by atoms with Crippen molar-refractivity contribution in [2.24, 2.45) is 0 Å². The van der Waals surface area contributed by atoms with Gasteiger partial charge >= 0.3 is 0 Å². The van der Waals surface area contributed by atoms with Crippen LogP contribution in [0.3, 0.4) is 0 Å². The molecule has 0 spiro atoms. The molecule has 0 N–H and O–H groups in total. The predicted molar refractivity (Wildman–Crippen MR) is 35.7 cm³/mol. The summed E-state index contributed by atoms with van der Waals surface area (Å²) in [6.07, 6.45) is 0. The highest BCUT2D eigenvalue weighted by molar-refractivity contribution is 6.31. The van der Waals surface area contributed by atoms with Crippen molar-refractivity contribution in [3.63, 3.8) is 0 Å². The van der Waals surface area contributed by atoms with E-state index in [4.69, 9.17) is 16.3 Å². The Kier molecular flexibility index (Phi) is 1.96. The lowest BCUT2D eigenvalue weighted by Gasteiger charge is -1.98. The van der Waals surface area contributed by atoms with Crippen LogP contribution < -0.4 is 4.74 Å². The van der Waals surface area contributed by atoms with Crippen molar-refractivity contribution in [1.29, 1.82) is 0 Å². The lowest BCUT2D eigenvalue weighted by molar-refractivity contribution is 0.415. The number of hydrogen-bond donors (Lipinski definition) is 0. The van der Waals surface area contributed by atoms with E-state index in [-0.39, 0.29) is 0 Å². The zero-order chi connectivity index (χ0) is 6.69. The minimum atomic E-state index is 0.566. The summed E-state index contributed by atoms with van der Waals surface area (Å²) < 4.78 is 4.86. The summed E-state index contributed by atoms with van der Waals surface area (Å²) in [5.41, 5.74) is 0. The Balaban J connectivity index is 3.01. The van der Waals surface area contributed by atoms with Crippen LogP contribution in [0.15, 0.2) is 12.1 Å². The van der Waals surface area contributed by atoms with Crippen molar-refractivity contribution in [1.82, 2.24) is 0 Å². The number of ether oxygens (including phenoxy) is 1. The molecule has 1 rings (SSSR count). The molecule has 0 aliphatic carbocycles. The van der Waals surface area contributed by atoms with E-state index >= 15 is 0 Å². The van der Waals surface area contributed by atoms with Crippen LogP contribution in [0.4, 0.5) is 0 Å². The molecule has 0 saturated carbocycles. The van der Waals surface area contributed by atoms with E-state index in [1.165, 1.54) is 0 Å². The number of rotatable bonds is 1. The molecule has 46 valence electrons. The summed E-state index contributed by atoms with van der Waals surface area (Å²) in [4.78, 5) is 0. The maximum atomic E-state index is 5.65. The molecule has 0 unspecified atom stereocenters. The van der Waals surface area contributed by atoms with E-state index in [9.17, 15) is 0 Å². The first-order valence-electron chi connectivity index (χ1n) is 2.46. The van der Waals surface area contributed by atoms with E-state index in [0.717, 1.165) is 0 Å². The number of methoxy groups -OCH3 is 1. The van der Waals surface area contributed by atoms with Gasteiger partial charge in [-0.1, -0.05) is 11.6 Å². The molecule has 1 aromatic carbocycles. The van der Waals surface area contributed by atoms with Crippen LogP contribution in [0, 0.1) is 12.1 Å². The van der Waals surface area contributed by atoms with Gasteiger partial charge in [0.2, 0.25) is 0 Å². The lowest BCUT2D eigenvalue weighted by Crippen LogP contribution is -1.81. The van der Waals surface area contributed by atoms with Gasteiger partial charge in [-0.2, -0.15) is 0 Å². The van der Waals surface area contributed by atoms with Crippen molar-refractivity contribution in [3.05, 3.63) is 29.3 Å². The third-order valence-electron chi connectivity index (χ3n) is 0.941. The monoisotopic (exact) mass is 140 g/mol. The van der Waals surface area contributed by atoms with Gasteiger partial charge < -0.3 is 4.74 Å². The fraction of sp³-hybridized carbons (Fsp3) is 0.143. The first-order chi connectivity index (χ1) is 4.34. The summed E-state index contributed by atoms with van der Waals surface area (Å²) >= 11 is 5.65. The molecule has 0 aliphatic rings. The zero-order valence-electron chi connectivity index (χ0n) is 4.94. The molecule has 0 fully saturated rings. The molecule has 9 heavy (non-hydrogen) atoms. The summed E-state index contributed by atoms with van der Waals surface area (Å²) in [7, 11) is 1.56. The first kappa shape index (κ1) is 6.43. The second kappa shape index (κ2) is 2.74. The third kappa shape index (κ3) is 1.36. The average molecular weight is 141 g/mol.